The molecule has 2 N–H and O–H groups in total. The Labute approximate surface area is 230 Å². The third-order valence-corrected chi connectivity index (χ3v) is 8.21. The fourth-order valence-corrected chi connectivity index (χ4v) is 6.07. The number of benzene rings is 2. The van der Waals surface area contributed by atoms with Gasteiger partial charge in [0.05, 0.1) is 6.04 Å². The summed E-state index contributed by atoms with van der Waals surface area (Å²) in [6.07, 6.45) is 3.16. The van der Waals surface area contributed by atoms with Gasteiger partial charge in [0.15, 0.2) is 0 Å². The number of amides is 3. The maximum atomic E-state index is 13.5. The summed E-state index contributed by atoms with van der Waals surface area (Å²) in [6.45, 7) is 8.01. The van der Waals surface area contributed by atoms with Gasteiger partial charge < -0.3 is 15.5 Å². The van der Waals surface area contributed by atoms with Crippen LogP contribution < -0.4 is 5.73 Å². The van der Waals surface area contributed by atoms with Gasteiger partial charge in [-0.1, -0.05) is 61.3 Å². The number of hydrogen-bond acceptors (Lipinski definition) is 3. The molecule has 2 aliphatic heterocycles. The predicted octanol–water partition coefficient (Wildman–Crippen LogP) is 5.82. The van der Waals surface area contributed by atoms with Crippen LogP contribution >= 0.6 is 23.2 Å². The lowest BCUT2D eigenvalue weighted by atomic mass is 9.91. The number of likely N-dealkylation sites (tertiary alicyclic amines) is 1. The first-order valence-electron chi connectivity index (χ1n) is 13.3. The average Bonchev–Trinajstić information content (AvgIpc) is 2.86. The van der Waals surface area contributed by atoms with Crippen LogP contribution in [0.1, 0.15) is 56.7 Å². The second-order valence-electron chi connectivity index (χ2n) is 10.8. The molecule has 0 bridgehead atoms. The Morgan fingerprint density at radius 3 is 1.92 bits per heavy atom. The van der Waals surface area contributed by atoms with Crippen molar-refractivity contribution in [3.05, 3.63) is 69.7 Å². The number of rotatable bonds is 7. The average molecular weight is 546 g/mol. The van der Waals surface area contributed by atoms with Crippen molar-refractivity contribution in [1.82, 2.24) is 14.7 Å². The molecule has 3 amide bonds. The summed E-state index contributed by atoms with van der Waals surface area (Å²) in [4.78, 5) is 31.3. The number of carbonyl (C=O) groups excluding carboxylic acids is 2. The minimum absolute atomic E-state index is 0.0552. The normalized spacial score (nSPS) is 19.6. The molecule has 0 radical (unpaired) electrons. The van der Waals surface area contributed by atoms with Crippen molar-refractivity contribution in [2.24, 2.45) is 17.6 Å². The smallest absolute Gasteiger partial charge is 0.314 e. The highest BCUT2D eigenvalue weighted by molar-refractivity contribution is 6.30. The number of nitrogens with zero attached hydrogens (tertiary/aromatic N) is 3. The van der Waals surface area contributed by atoms with Gasteiger partial charge >= 0.3 is 6.03 Å². The molecule has 8 heteroatoms. The minimum atomic E-state index is -0.367. The lowest BCUT2D eigenvalue weighted by Gasteiger charge is -2.46. The van der Waals surface area contributed by atoms with Gasteiger partial charge in [-0.05, 0) is 66.5 Å². The standard InChI is InChI=1S/C29H38Cl2N4O2/c1-20(2)17-26-19-34(15-16-35(26)27(36)18-21-11-13-33(14-12-21)29(32)37)28(22-3-7-24(30)8-4-22)23-5-9-25(31)10-6-23/h3-10,20-21,26,28H,11-19H2,1-2H3,(H2,32,37)/t26-/m0/s1. The Balaban J connectivity index is 1.51. The van der Waals surface area contributed by atoms with Gasteiger partial charge in [0.25, 0.3) is 0 Å². The van der Waals surface area contributed by atoms with E-state index in [9.17, 15) is 9.59 Å². The summed E-state index contributed by atoms with van der Waals surface area (Å²) in [7, 11) is 0. The van der Waals surface area contributed by atoms with E-state index in [2.05, 4.69) is 47.9 Å². The molecule has 2 aromatic rings. The van der Waals surface area contributed by atoms with E-state index in [4.69, 9.17) is 28.9 Å². The maximum absolute atomic E-state index is 13.5. The SMILES string of the molecule is CC(C)C[C@H]1CN(C(c2ccc(Cl)cc2)c2ccc(Cl)cc2)CCN1C(=O)CC1CCN(C(N)=O)CC1. The van der Waals surface area contributed by atoms with Crippen LogP contribution in [0.2, 0.25) is 10.0 Å². The van der Waals surface area contributed by atoms with E-state index in [-0.39, 0.29) is 24.0 Å². The number of piperazine rings is 1. The van der Waals surface area contributed by atoms with E-state index in [1.54, 1.807) is 4.90 Å². The number of carbonyl (C=O) groups is 2. The molecule has 2 fully saturated rings. The summed E-state index contributed by atoms with van der Waals surface area (Å²) < 4.78 is 0. The van der Waals surface area contributed by atoms with E-state index in [0.29, 0.717) is 47.9 Å². The third-order valence-electron chi connectivity index (χ3n) is 7.70. The first kappa shape index (κ1) is 27.7. The van der Waals surface area contributed by atoms with Crippen molar-refractivity contribution >= 4 is 35.1 Å². The monoisotopic (exact) mass is 544 g/mol. The van der Waals surface area contributed by atoms with E-state index < -0.39 is 0 Å². The number of halogens is 2. The Hall–Kier alpha value is -2.28. The second-order valence-corrected chi connectivity index (χ2v) is 11.7. The summed E-state index contributed by atoms with van der Waals surface area (Å²) in [5, 5.41) is 1.43. The molecular formula is C29H38Cl2N4O2. The molecule has 2 aromatic carbocycles. The van der Waals surface area contributed by atoms with Crippen LogP contribution in [-0.4, -0.2) is 65.4 Å². The van der Waals surface area contributed by atoms with Crippen LogP contribution in [-0.2, 0) is 4.79 Å². The molecular weight excluding hydrogens is 507 g/mol. The first-order chi connectivity index (χ1) is 17.7. The maximum Gasteiger partial charge on any atom is 0.314 e. The van der Waals surface area contributed by atoms with Crippen molar-refractivity contribution in [1.29, 1.82) is 0 Å². The summed E-state index contributed by atoms with van der Waals surface area (Å²) >= 11 is 12.4. The van der Waals surface area contributed by atoms with Crippen molar-refractivity contribution in [2.45, 2.75) is 51.6 Å². The molecule has 0 spiro atoms. The minimum Gasteiger partial charge on any atom is -0.351 e. The molecule has 4 rings (SSSR count). The topological polar surface area (TPSA) is 69.9 Å². The number of piperidine rings is 1. The zero-order valence-corrected chi connectivity index (χ0v) is 23.3. The van der Waals surface area contributed by atoms with Crippen molar-refractivity contribution in [2.75, 3.05) is 32.7 Å². The molecule has 6 nitrogen and oxygen atoms in total. The van der Waals surface area contributed by atoms with Gasteiger partial charge in [-0.25, -0.2) is 4.79 Å². The van der Waals surface area contributed by atoms with Gasteiger partial charge in [0.2, 0.25) is 5.91 Å². The lowest BCUT2D eigenvalue weighted by Crippen LogP contribution is -2.56. The largest absolute Gasteiger partial charge is 0.351 e. The number of hydrogen-bond donors (Lipinski definition) is 1. The Kier molecular flexibility index (Phi) is 9.38. The molecule has 0 saturated carbocycles. The van der Waals surface area contributed by atoms with Gasteiger partial charge in [-0.3, -0.25) is 9.69 Å². The highest BCUT2D eigenvalue weighted by atomic mass is 35.5. The van der Waals surface area contributed by atoms with Gasteiger partial charge in [-0.2, -0.15) is 0 Å². The molecule has 2 aliphatic rings. The molecule has 200 valence electrons. The van der Waals surface area contributed by atoms with Crippen molar-refractivity contribution in [3.63, 3.8) is 0 Å². The quantitative estimate of drug-likeness (QED) is 0.477. The fourth-order valence-electron chi connectivity index (χ4n) is 5.81. The Bertz CT molecular complexity index is 1010. The predicted molar refractivity (Wildman–Crippen MR) is 150 cm³/mol. The zero-order chi connectivity index (χ0) is 26.5. The highest BCUT2D eigenvalue weighted by Crippen LogP contribution is 2.34. The first-order valence-corrected chi connectivity index (χ1v) is 14.1. The van der Waals surface area contributed by atoms with Crippen LogP contribution in [0.5, 0.6) is 0 Å². The molecule has 37 heavy (non-hydrogen) atoms. The van der Waals surface area contributed by atoms with Gasteiger partial charge in [-0.15, -0.1) is 0 Å². The Morgan fingerprint density at radius 1 is 0.892 bits per heavy atom. The van der Waals surface area contributed by atoms with Crippen LogP contribution in [0.3, 0.4) is 0 Å². The molecule has 2 heterocycles. The Morgan fingerprint density at radius 2 is 1.43 bits per heavy atom. The fraction of sp³-hybridized carbons (Fsp3) is 0.517. The lowest BCUT2D eigenvalue weighted by molar-refractivity contribution is -0.138. The summed E-state index contributed by atoms with van der Waals surface area (Å²) in [5.74, 6) is 1.01. The molecule has 1 atom stereocenters. The number of urea groups is 1. The highest BCUT2D eigenvalue weighted by Gasteiger charge is 2.36. The molecule has 0 aliphatic carbocycles. The van der Waals surface area contributed by atoms with Crippen molar-refractivity contribution in [3.8, 4) is 0 Å². The van der Waals surface area contributed by atoms with E-state index in [1.165, 1.54) is 11.1 Å². The van der Waals surface area contributed by atoms with E-state index >= 15 is 0 Å². The van der Waals surface area contributed by atoms with Crippen LogP contribution in [0.25, 0.3) is 0 Å². The van der Waals surface area contributed by atoms with E-state index in [1.807, 2.05) is 24.3 Å². The van der Waals surface area contributed by atoms with Crippen LogP contribution in [0, 0.1) is 11.8 Å². The van der Waals surface area contributed by atoms with Gasteiger partial charge in [0, 0.05) is 55.2 Å². The number of nitrogens with two attached hydrogens (primary N) is 1. The molecule has 0 unspecified atom stereocenters. The summed E-state index contributed by atoms with van der Waals surface area (Å²) in [6, 6.07) is 16.0. The van der Waals surface area contributed by atoms with E-state index in [0.717, 1.165) is 32.4 Å². The number of primary amides is 1. The van der Waals surface area contributed by atoms with Crippen LogP contribution in [0.4, 0.5) is 4.79 Å². The zero-order valence-electron chi connectivity index (χ0n) is 21.8. The molecule has 2 saturated heterocycles. The molecule has 0 aromatic heterocycles. The second kappa shape index (κ2) is 12.5. The van der Waals surface area contributed by atoms with Gasteiger partial charge in [0.1, 0.15) is 0 Å². The third kappa shape index (κ3) is 7.18. The summed E-state index contributed by atoms with van der Waals surface area (Å²) in [5.41, 5.74) is 7.78. The van der Waals surface area contributed by atoms with Crippen molar-refractivity contribution < 1.29 is 9.59 Å². The van der Waals surface area contributed by atoms with Crippen LogP contribution in [0.15, 0.2) is 48.5 Å².